The Bertz CT molecular complexity index is 1680. The Hall–Kier alpha value is -5.64. The first kappa shape index (κ1) is 38.8. The largest absolute Gasteiger partial charge is 0.478 e. The van der Waals surface area contributed by atoms with Gasteiger partial charge in [-0.15, -0.1) is 0 Å². The number of nitrogens with zero attached hydrogens (tertiary/aromatic N) is 1. The van der Waals surface area contributed by atoms with Crippen LogP contribution in [0.1, 0.15) is 43.8 Å². The number of hydrogen-bond donors (Lipinski definition) is 3. The van der Waals surface area contributed by atoms with Crippen molar-refractivity contribution >= 4 is 35.4 Å². The maximum absolute atomic E-state index is 13.8. The molecule has 0 fully saturated rings. The van der Waals surface area contributed by atoms with E-state index in [2.05, 4.69) is 0 Å². The van der Waals surface area contributed by atoms with E-state index in [9.17, 15) is 56.1 Å². The number of rotatable bonds is 9. The number of carbonyl (C=O) groups is 5. The summed E-state index contributed by atoms with van der Waals surface area (Å²) in [5.74, 6) is -8.77. The van der Waals surface area contributed by atoms with E-state index in [1.165, 1.54) is 42.5 Å². The van der Waals surface area contributed by atoms with Crippen molar-refractivity contribution in [3.8, 4) is 0 Å². The van der Waals surface area contributed by atoms with E-state index in [0.717, 1.165) is 17.2 Å². The molecule has 0 spiro atoms. The summed E-state index contributed by atoms with van der Waals surface area (Å²) in [6.07, 6.45) is -7.72. The molecule has 1 aliphatic heterocycles. The van der Waals surface area contributed by atoms with Gasteiger partial charge in [-0.25, -0.2) is 28.0 Å². The Morgan fingerprint density at radius 2 is 1.30 bits per heavy atom. The first-order chi connectivity index (χ1) is 23.4. The quantitative estimate of drug-likeness (QED) is 0.209. The van der Waals surface area contributed by atoms with Gasteiger partial charge in [0.15, 0.2) is 11.6 Å². The minimum atomic E-state index is -4.61. The molecule has 0 aliphatic carbocycles. The molecule has 0 saturated carbocycles. The lowest BCUT2D eigenvalue weighted by atomic mass is 10.0. The Morgan fingerprint density at radius 1 is 0.840 bits per heavy atom. The second kappa shape index (κ2) is 16.6. The van der Waals surface area contributed by atoms with Crippen molar-refractivity contribution < 1.29 is 65.6 Å². The predicted molar refractivity (Wildman–Crippen MR) is 166 cm³/mol. The molecule has 0 saturated heterocycles. The highest BCUT2D eigenvalue weighted by atomic mass is 19.4. The number of aliphatic carboxylic acids is 2. The Kier molecular flexibility index (Phi) is 12.9. The zero-order chi connectivity index (χ0) is 37.3. The van der Waals surface area contributed by atoms with Gasteiger partial charge in [0.1, 0.15) is 6.54 Å². The maximum Gasteiger partial charge on any atom is 0.406 e. The first-order valence-electron chi connectivity index (χ1n) is 14.6. The number of benzene rings is 3. The monoisotopic (exact) mass is 706 g/mol. The van der Waals surface area contributed by atoms with Crippen molar-refractivity contribution in [2.45, 2.75) is 44.7 Å². The molecule has 4 N–H and O–H groups in total. The van der Waals surface area contributed by atoms with Crippen LogP contribution in [-0.4, -0.2) is 82.4 Å². The van der Waals surface area contributed by atoms with Gasteiger partial charge in [0, 0.05) is 12.1 Å². The second-order valence-electron chi connectivity index (χ2n) is 11.0. The highest BCUT2D eigenvalue weighted by Crippen LogP contribution is 2.27. The Balaban J connectivity index is 0.000000278. The summed E-state index contributed by atoms with van der Waals surface area (Å²) < 4.78 is 74.4. The number of halogens is 5. The summed E-state index contributed by atoms with van der Waals surface area (Å²) in [6, 6.07) is 14.3. The van der Waals surface area contributed by atoms with Crippen LogP contribution in [0.3, 0.4) is 0 Å². The summed E-state index contributed by atoms with van der Waals surface area (Å²) in [7, 11) is 0. The number of esters is 2. The summed E-state index contributed by atoms with van der Waals surface area (Å²) >= 11 is 0. The maximum atomic E-state index is 13.8. The fraction of sp³-hybridized carbons (Fsp3) is 0.265. The van der Waals surface area contributed by atoms with Crippen LogP contribution < -0.4 is 5.73 Å². The van der Waals surface area contributed by atoms with Crippen LogP contribution in [0, 0.1) is 25.5 Å². The van der Waals surface area contributed by atoms with Crippen LogP contribution in [0.5, 0.6) is 0 Å². The fourth-order valence-electron chi connectivity index (χ4n) is 4.48. The molecular weight excluding hydrogens is 675 g/mol. The molecule has 3 aromatic carbocycles. The molecule has 1 amide bonds. The number of carboxylic acid groups (broad SMARTS) is 2. The molecular formula is C34H31F5N2O9. The summed E-state index contributed by atoms with van der Waals surface area (Å²) in [5, 5.41) is 18.6. The molecule has 266 valence electrons. The molecule has 0 radical (unpaired) electrons. The van der Waals surface area contributed by atoms with Gasteiger partial charge in [0.2, 0.25) is 18.1 Å². The molecule has 11 nitrogen and oxygen atoms in total. The zero-order valence-electron chi connectivity index (χ0n) is 26.4. The van der Waals surface area contributed by atoms with Crippen LogP contribution >= 0.6 is 0 Å². The number of hydrogen-bond acceptors (Lipinski definition) is 8. The van der Waals surface area contributed by atoms with Crippen LogP contribution in [0.15, 0.2) is 72.8 Å². The standard InChI is InChI=1S/C20H18O8.C14H13F5N2O/c1-11-3-7-13(8-4-11)19(25)27-15(17(21)22)16(18(23)24)28-20(26)14-9-5-12(2)6-10-14;15-10-3-1-2-9(12(10)16)8-4-5-11(20)13(22)21(6-8)7-14(17,18)19/h3-10,15-16H,1-2H3,(H,21,22)(H,23,24);1-4,11H,5-7,20H2/t15-,16?;11-/m00/s1. The van der Waals surface area contributed by atoms with E-state index in [4.69, 9.17) is 15.2 Å². The fourth-order valence-corrected chi connectivity index (χ4v) is 4.48. The lowest BCUT2D eigenvalue weighted by Crippen LogP contribution is -2.46. The van der Waals surface area contributed by atoms with Crippen molar-refractivity contribution in [3.05, 3.63) is 112 Å². The SMILES string of the molecule is Cc1ccc(C(=O)OC(C(=O)O)[C@H](OC(=O)c2ccc(C)cc2)C(=O)O)cc1.N[C@H]1CC=C(c2cccc(F)c2F)CN(CC(F)(F)F)C1=O. The van der Waals surface area contributed by atoms with Crippen LogP contribution in [0.25, 0.3) is 5.57 Å². The van der Waals surface area contributed by atoms with Crippen LogP contribution in [-0.2, 0) is 23.9 Å². The number of aryl methyl sites for hydroxylation is 2. The smallest absolute Gasteiger partial charge is 0.406 e. The van der Waals surface area contributed by atoms with Gasteiger partial charge >= 0.3 is 30.1 Å². The molecule has 3 aromatic rings. The van der Waals surface area contributed by atoms with E-state index >= 15 is 0 Å². The lowest BCUT2D eigenvalue weighted by molar-refractivity contribution is -0.166. The molecule has 0 bridgehead atoms. The third-order valence-corrected chi connectivity index (χ3v) is 7.08. The van der Waals surface area contributed by atoms with Crippen molar-refractivity contribution in [1.29, 1.82) is 0 Å². The molecule has 3 atom stereocenters. The van der Waals surface area contributed by atoms with Crippen LogP contribution in [0.2, 0.25) is 0 Å². The van der Waals surface area contributed by atoms with Gasteiger partial charge in [0.05, 0.1) is 17.2 Å². The Morgan fingerprint density at radius 3 is 1.72 bits per heavy atom. The van der Waals surface area contributed by atoms with Crippen molar-refractivity contribution in [1.82, 2.24) is 4.90 Å². The number of nitrogens with two attached hydrogens (primary N) is 1. The zero-order valence-corrected chi connectivity index (χ0v) is 26.4. The summed E-state index contributed by atoms with van der Waals surface area (Å²) in [4.78, 5) is 59.7. The number of carboxylic acids is 2. The predicted octanol–water partition coefficient (Wildman–Crippen LogP) is 4.69. The van der Waals surface area contributed by atoms with Crippen molar-refractivity contribution in [2.24, 2.45) is 5.73 Å². The first-order valence-corrected chi connectivity index (χ1v) is 14.6. The molecule has 1 aliphatic rings. The van der Waals surface area contributed by atoms with E-state index < -0.39 is 78.9 Å². The third-order valence-electron chi connectivity index (χ3n) is 7.08. The second-order valence-corrected chi connectivity index (χ2v) is 11.0. The highest BCUT2D eigenvalue weighted by Gasteiger charge is 2.41. The molecule has 1 unspecified atom stereocenters. The molecule has 1 heterocycles. The number of amides is 1. The summed E-state index contributed by atoms with van der Waals surface area (Å²) in [6.45, 7) is 1.61. The lowest BCUT2D eigenvalue weighted by Gasteiger charge is -2.25. The van der Waals surface area contributed by atoms with Crippen molar-refractivity contribution in [3.63, 3.8) is 0 Å². The van der Waals surface area contributed by atoms with Gasteiger partial charge in [-0.3, -0.25) is 4.79 Å². The van der Waals surface area contributed by atoms with E-state index in [0.29, 0.717) is 4.90 Å². The molecule has 16 heteroatoms. The molecule has 4 rings (SSSR count). The number of ether oxygens (including phenoxy) is 2. The van der Waals surface area contributed by atoms with Gasteiger partial charge in [-0.05, 0) is 56.2 Å². The highest BCUT2D eigenvalue weighted by molar-refractivity contribution is 5.95. The van der Waals surface area contributed by atoms with Gasteiger partial charge < -0.3 is 30.3 Å². The average Bonchev–Trinajstić information content (AvgIpc) is 3.17. The number of alkyl halides is 3. The van der Waals surface area contributed by atoms with Gasteiger partial charge in [-0.2, -0.15) is 13.2 Å². The summed E-state index contributed by atoms with van der Waals surface area (Å²) in [5.41, 5.74) is 7.24. The molecule has 50 heavy (non-hydrogen) atoms. The van der Waals surface area contributed by atoms with E-state index in [-0.39, 0.29) is 28.7 Å². The normalized spacial score (nSPS) is 15.8. The minimum Gasteiger partial charge on any atom is -0.478 e. The van der Waals surface area contributed by atoms with Crippen molar-refractivity contribution in [2.75, 3.05) is 13.1 Å². The van der Waals surface area contributed by atoms with Crippen LogP contribution in [0.4, 0.5) is 22.0 Å². The number of carbonyl (C=O) groups excluding carboxylic acids is 3. The van der Waals surface area contributed by atoms with E-state index in [1.807, 2.05) is 0 Å². The van der Waals surface area contributed by atoms with E-state index in [1.54, 1.807) is 38.1 Å². The van der Waals surface area contributed by atoms with Gasteiger partial charge in [0.25, 0.3) is 0 Å². The third kappa shape index (κ3) is 10.7. The molecule has 0 aromatic heterocycles. The van der Waals surface area contributed by atoms with Gasteiger partial charge in [-0.1, -0.05) is 53.6 Å². The minimum absolute atomic E-state index is 0.0332. The topological polar surface area (TPSA) is 174 Å². The Labute approximate surface area is 281 Å². The average molecular weight is 707 g/mol.